The SMILES string of the molecule is CCOC(=O)Nc1cccc(C(=O)OC(C)C(=O)Nc2ccc(OC(F)(F)F)cc2)c1. The second kappa shape index (κ2) is 10.3. The highest BCUT2D eigenvalue weighted by Crippen LogP contribution is 2.24. The molecule has 0 aliphatic heterocycles. The van der Waals surface area contributed by atoms with Gasteiger partial charge in [0, 0.05) is 11.4 Å². The van der Waals surface area contributed by atoms with Crippen LogP contribution in [-0.2, 0) is 14.3 Å². The minimum Gasteiger partial charge on any atom is -0.450 e. The summed E-state index contributed by atoms with van der Waals surface area (Å²) in [5, 5.41) is 4.85. The number of esters is 1. The Labute approximate surface area is 175 Å². The Hall–Kier alpha value is -3.76. The first kappa shape index (κ1) is 23.5. The summed E-state index contributed by atoms with van der Waals surface area (Å²) in [5.41, 5.74) is 0.567. The molecular weight excluding hydrogens is 421 g/mol. The predicted octanol–water partition coefficient (Wildman–Crippen LogP) is 4.34. The molecule has 1 unspecified atom stereocenters. The maximum Gasteiger partial charge on any atom is 0.573 e. The van der Waals surface area contributed by atoms with E-state index in [1.807, 2.05) is 0 Å². The van der Waals surface area contributed by atoms with E-state index in [1.165, 1.54) is 43.3 Å². The lowest BCUT2D eigenvalue weighted by Gasteiger charge is -2.14. The van der Waals surface area contributed by atoms with Crippen LogP contribution < -0.4 is 15.4 Å². The summed E-state index contributed by atoms with van der Waals surface area (Å²) < 4.78 is 50.1. The summed E-state index contributed by atoms with van der Waals surface area (Å²) >= 11 is 0. The Morgan fingerprint density at radius 2 is 1.68 bits per heavy atom. The van der Waals surface area contributed by atoms with Crippen LogP contribution >= 0.6 is 0 Å². The number of alkyl halides is 3. The molecule has 0 aromatic heterocycles. The normalized spacial score (nSPS) is 11.8. The zero-order valence-electron chi connectivity index (χ0n) is 16.5. The number of amides is 2. The van der Waals surface area contributed by atoms with Gasteiger partial charge in [0.05, 0.1) is 12.2 Å². The molecule has 0 saturated heterocycles. The van der Waals surface area contributed by atoms with Crippen molar-refractivity contribution < 1.29 is 41.8 Å². The molecule has 31 heavy (non-hydrogen) atoms. The lowest BCUT2D eigenvalue weighted by molar-refractivity contribution is -0.274. The summed E-state index contributed by atoms with van der Waals surface area (Å²) in [4.78, 5) is 35.9. The molecule has 11 heteroatoms. The van der Waals surface area contributed by atoms with Gasteiger partial charge in [0.1, 0.15) is 5.75 Å². The van der Waals surface area contributed by atoms with Crippen molar-refractivity contribution in [3.05, 3.63) is 54.1 Å². The van der Waals surface area contributed by atoms with Gasteiger partial charge < -0.3 is 19.5 Å². The lowest BCUT2D eigenvalue weighted by atomic mass is 10.2. The number of benzene rings is 2. The van der Waals surface area contributed by atoms with Crippen LogP contribution in [0.1, 0.15) is 24.2 Å². The van der Waals surface area contributed by atoms with Crippen LogP contribution in [0.25, 0.3) is 0 Å². The van der Waals surface area contributed by atoms with Crippen molar-refractivity contribution >= 4 is 29.3 Å². The summed E-state index contributed by atoms with van der Waals surface area (Å²) in [7, 11) is 0. The van der Waals surface area contributed by atoms with Gasteiger partial charge in [0.15, 0.2) is 6.10 Å². The molecule has 2 amide bonds. The fourth-order valence-corrected chi connectivity index (χ4v) is 2.27. The van der Waals surface area contributed by atoms with E-state index in [-0.39, 0.29) is 17.9 Å². The summed E-state index contributed by atoms with van der Waals surface area (Å²) in [5.74, 6) is -1.95. The number of carbonyl (C=O) groups excluding carboxylic acids is 3. The van der Waals surface area contributed by atoms with Crippen molar-refractivity contribution in [2.75, 3.05) is 17.2 Å². The standard InChI is InChI=1S/C20H19F3N2O6/c1-3-29-19(28)25-15-6-4-5-13(11-15)18(27)30-12(2)17(26)24-14-7-9-16(10-8-14)31-20(21,22)23/h4-12H,3H2,1-2H3,(H,24,26)(H,25,28). The van der Waals surface area contributed by atoms with E-state index in [0.29, 0.717) is 5.69 Å². The number of rotatable bonds is 7. The number of ether oxygens (including phenoxy) is 3. The van der Waals surface area contributed by atoms with Crippen LogP contribution in [0.3, 0.4) is 0 Å². The van der Waals surface area contributed by atoms with Crippen LogP contribution in [0.4, 0.5) is 29.3 Å². The molecule has 0 spiro atoms. The van der Waals surface area contributed by atoms with Gasteiger partial charge in [0.2, 0.25) is 0 Å². The van der Waals surface area contributed by atoms with Crippen LogP contribution in [0.2, 0.25) is 0 Å². The minimum atomic E-state index is -4.82. The molecular formula is C20H19F3N2O6. The Bertz CT molecular complexity index is 931. The molecule has 2 rings (SSSR count). The largest absolute Gasteiger partial charge is 0.573 e. The molecule has 166 valence electrons. The molecule has 0 fully saturated rings. The van der Waals surface area contributed by atoms with Crippen molar-refractivity contribution in [3.8, 4) is 5.75 Å². The zero-order valence-corrected chi connectivity index (χ0v) is 16.5. The number of nitrogens with one attached hydrogen (secondary N) is 2. The topological polar surface area (TPSA) is 103 Å². The number of hydrogen-bond donors (Lipinski definition) is 2. The molecule has 0 heterocycles. The Kier molecular flexibility index (Phi) is 7.83. The molecule has 2 N–H and O–H groups in total. The first-order chi connectivity index (χ1) is 14.6. The summed E-state index contributed by atoms with van der Waals surface area (Å²) in [6, 6.07) is 10.3. The molecule has 0 bridgehead atoms. The lowest BCUT2D eigenvalue weighted by Crippen LogP contribution is -2.30. The third-order valence-corrected chi connectivity index (χ3v) is 3.63. The van der Waals surface area contributed by atoms with Crippen molar-refractivity contribution in [2.24, 2.45) is 0 Å². The molecule has 0 saturated carbocycles. The average molecular weight is 440 g/mol. The van der Waals surface area contributed by atoms with Crippen LogP contribution in [0, 0.1) is 0 Å². The fraction of sp³-hybridized carbons (Fsp3) is 0.250. The fourth-order valence-electron chi connectivity index (χ4n) is 2.27. The Morgan fingerprint density at radius 1 is 1.00 bits per heavy atom. The summed E-state index contributed by atoms with van der Waals surface area (Å²) in [6.45, 7) is 3.15. The highest BCUT2D eigenvalue weighted by molar-refractivity contribution is 5.98. The van der Waals surface area contributed by atoms with Crippen LogP contribution in [0.15, 0.2) is 48.5 Å². The zero-order chi connectivity index (χ0) is 23.0. The number of anilines is 2. The first-order valence-corrected chi connectivity index (χ1v) is 8.99. The van der Waals surface area contributed by atoms with Gasteiger partial charge in [-0.05, 0) is 56.3 Å². The minimum absolute atomic E-state index is 0.0857. The van der Waals surface area contributed by atoms with E-state index in [9.17, 15) is 27.6 Å². The number of hydrogen-bond acceptors (Lipinski definition) is 6. The number of carbonyl (C=O) groups is 3. The van der Waals surface area contributed by atoms with Crippen molar-refractivity contribution in [2.45, 2.75) is 26.3 Å². The van der Waals surface area contributed by atoms with Gasteiger partial charge >= 0.3 is 18.4 Å². The van der Waals surface area contributed by atoms with Crippen LogP contribution in [-0.4, -0.2) is 37.0 Å². The smallest absolute Gasteiger partial charge is 0.450 e. The van der Waals surface area contributed by atoms with E-state index >= 15 is 0 Å². The third kappa shape index (κ3) is 7.88. The van der Waals surface area contributed by atoms with Gasteiger partial charge in [-0.3, -0.25) is 10.1 Å². The predicted molar refractivity (Wildman–Crippen MR) is 104 cm³/mol. The van der Waals surface area contributed by atoms with E-state index in [0.717, 1.165) is 12.1 Å². The van der Waals surface area contributed by atoms with E-state index < -0.39 is 36.2 Å². The van der Waals surface area contributed by atoms with Crippen molar-refractivity contribution in [3.63, 3.8) is 0 Å². The second-order valence-corrected chi connectivity index (χ2v) is 6.04. The molecule has 8 nitrogen and oxygen atoms in total. The molecule has 1 atom stereocenters. The molecule has 2 aromatic rings. The highest BCUT2D eigenvalue weighted by Gasteiger charge is 2.31. The molecule has 0 radical (unpaired) electrons. The monoisotopic (exact) mass is 440 g/mol. The first-order valence-electron chi connectivity index (χ1n) is 8.99. The number of halogens is 3. The quantitative estimate of drug-likeness (QED) is 0.621. The Morgan fingerprint density at radius 3 is 2.29 bits per heavy atom. The van der Waals surface area contributed by atoms with Gasteiger partial charge in [-0.1, -0.05) is 6.07 Å². The average Bonchev–Trinajstić information content (AvgIpc) is 2.68. The molecule has 0 aliphatic rings. The van der Waals surface area contributed by atoms with Crippen LogP contribution in [0.5, 0.6) is 5.75 Å². The van der Waals surface area contributed by atoms with Gasteiger partial charge in [-0.15, -0.1) is 13.2 Å². The van der Waals surface area contributed by atoms with E-state index in [4.69, 9.17) is 9.47 Å². The van der Waals surface area contributed by atoms with Gasteiger partial charge in [0.25, 0.3) is 5.91 Å². The van der Waals surface area contributed by atoms with Gasteiger partial charge in [-0.25, -0.2) is 9.59 Å². The maximum atomic E-state index is 12.3. The summed E-state index contributed by atoms with van der Waals surface area (Å²) in [6.07, 6.45) is -6.72. The Balaban J connectivity index is 1.93. The van der Waals surface area contributed by atoms with Crippen molar-refractivity contribution in [1.82, 2.24) is 0 Å². The molecule has 0 aliphatic carbocycles. The maximum absolute atomic E-state index is 12.3. The van der Waals surface area contributed by atoms with Crippen molar-refractivity contribution in [1.29, 1.82) is 0 Å². The van der Waals surface area contributed by atoms with E-state index in [2.05, 4.69) is 15.4 Å². The third-order valence-electron chi connectivity index (χ3n) is 3.63. The van der Waals surface area contributed by atoms with Gasteiger partial charge in [-0.2, -0.15) is 0 Å². The second-order valence-electron chi connectivity index (χ2n) is 6.04. The highest BCUT2D eigenvalue weighted by atomic mass is 19.4. The van der Waals surface area contributed by atoms with E-state index in [1.54, 1.807) is 6.92 Å². The molecule has 2 aromatic carbocycles.